The SMILES string of the molecule is O=C(Nc1ccccc1Oc1ccccc1)c1cc2c(F)cccc2[nH]1. The minimum atomic E-state index is -0.371. The summed E-state index contributed by atoms with van der Waals surface area (Å²) >= 11 is 0. The molecular weight excluding hydrogens is 331 g/mol. The first-order chi connectivity index (χ1) is 12.7. The highest BCUT2D eigenvalue weighted by molar-refractivity contribution is 6.06. The summed E-state index contributed by atoms with van der Waals surface area (Å²) < 4.78 is 19.7. The Hall–Kier alpha value is -3.60. The number of H-pyrrole nitrogens is 1. The van der Waals surface area contributed by atoms with Crippen molar-refractivity contribution < 1.29 is 13.9 Å². The van der Waals surface area contributed by atoms with Crippen molar-refractivity contribution in [2.75, 3.05) is 5.32 Å². The molecule has 1 heterocycles. The van der Waals surface area contributed by atoms with Gasteiger partial charge in [0.25, 0.3) is 5.91 Å². The zero-order chi connectivity index (χ0) is 17.9. The molecule has 5 heteroatoms. The third-order valence-electron chi connectivity index (χ3n) is 3.96. The predicted octanol–water partition coefficient (Wildman–Crippen LogP) is 5.35. The van der Waals surface area contributed by atoms with Crippen molar-refractivity contribution in [3.05, 3.63) is 90.4 Å². The first-order valence-electron chi connectivity index (χ1n) is 8.11. The number of rotatable bonds is 4. The van der Waals surface area contributed by atoms with Gasteiger partial charge in [-0.1, -0.05) is 36.4 Å². The molecule has 4 rings (SSSR count). The van der Waals surface area contributed by atoms with Gasteiger partial charge in [-0.05, 0) is 42.5 Å². The molecule has 128 valence electrons. The predicted molar refractivity (Wildman–Crippen MR) is 99.2 cm³/mol. The van der Waals surface area contributed by atoms with Crippen molar-refractivity contribution in [2.45, 2.75) is 0 Å². The lowest BCUT2D eigenvalue weighted by atomic mass is 10.2. The van der Waals surface area contributed by atoms with Gasteiger partial charge >= 0.3 is 0 Å². The number of aromatic nitrogens is 1. The third-order valence-corrected chi connectivity index (χ3v) is 3.96. The molecule has 0 bridgehead atoms. The summed E-state index contributed by atoms with van der Waals surface area (Å²) in [4.78, 5) is 15.5. The lowest BCUT2D eigenvalue weighted by Gasteiger charge is -2.11. The number of amides is 1. The molecule has 1 amide bonds. The van der Waals surface area contributed by atoms with Gasteiger partial charge in [-0.3, -0.25) is 4.79 Å². The molecule has 0 aliphatic heterocycles. The van der Waals surface area contributed by atoms with E-state index in [-0.39, 0.29) is 17.4 Å². The Balaban J connectivity index is 1.60. The molecular formula is C21H15FN2O2. The fraction of sp³-hybridized carbons (Fsp3) is 0. The van der Waals surface area contributed by atoms with Gasteiger partial charge in [0.15, 0.2) is 5.75 Å². The topological polar surface area (TPSA) is 54.1 Å². The van der Waals surface area contributed by atoms with E-state index in [0.29, 0.717) is 28.1 Å². The van der Waals surface area contributed by atoms with E-state index in [2.05, 4.69) is 10.3 Å². The number of para-hydroxylation sites is 3. The number of carbonyl (C=O) groups is 1. The number of carbonyl (C=O) groups excluding carboxylic acids is 1. The Morgan fingerprint density at radius 3 is 2.50 bits per heavy atom. The van der Waals surface area contributed by atoms with Gasteiger partial charge in [-0.25, -0.2) is 4.39 Å². The molecule has 26 heavy (non-hydrogen) atoms. The summed E-state index contributed by atoms with van der Waals surface area (Å²) in [6.45, 7) is 0. The molecule has 0 unspecified atom stereocenters. The molecule has 2 N–H and O–H groups in total. The normalized spacial score (nSPS) is 10.7. The second-order valence-corrected chi connectivity index (χ2v) is 5.75. The summed E-state index contributed by atoms with van der Waals surface area (Å²) in [6, 6.07) is 22.6. The summed E-state index contributed by atoms with van der Waals surface area (Å²) in [5, 5.41) is 3.19. The van der Waals surface area contributed by atoms with Crippen molar-refractivity contribution in [1.29, 1.82) is 0 Å². The third kappa shape index (κ3) is 3.15. The lowest BCUT2D eigenvalue weighted by molar-refractivity contribution is 0.102. The fourth-order valence-corrected chi connectivity index (χ4v) is 2.70. The van der Waals surface area contributed by atoms with Gasteiger partial charge in [0.1, 0.15) is 17.3 Å². The van der Waals surface area contributed by atoms with Gasteiger partial charge in [0.2, 0.25) is 0 Å². The molecule has 0 fully saturated rings. The highest BCUT2D eigenvalue weighted by atomic mass is 19.1. The van der Waals surface area contributed by atoms with Crippen LogP contribution >= 0.6 is 0 Å². The Morgan fingerprint density at radius 1 is 0.923 bits per heavy atom. The molecule has 3 aromatic carbocycles. The quantitative estimate of drug-likeness (QED) is 0.523. The van der Waals surface area contributed by atoms with E-state index in [1.54, 1.807) is 30.3 Å². The van der Waals surface area contributed by atoms with Crippen molar-refractivity contribution in [3.63, 3.8) is 0 Å². The summed E-state index contributed by atoms with van der Waals surface area (Å²) in [5.41, 5.74) is 1.38. The smallest absolute Gasteiger partial charge is 0.272 e. The maximum Gasteiger partial charge on any atom is 0.272 e. The molecule has 0 radical (unpaired) electrons. The van der Waals surface area contributed by atoms with Crippen LogP contribution in [0.25, 0.3) is 10.9 Å². The molecule has 4 aromatic rings. The molecule has 0 saturated heterocycles. The van der Waals surface area contributed by atoms with Crippen molar-refractivity contribution in [3.8, 4) is 11.5 Å². The van der Waals surface area contributed by atoms with E-state index in [0.717, 1.165) is 0 Å². The highest BCUT2D eigenvalue weighted by Gasteiger charge is 2.14. The maximum atomic E-state index is 13.8. The van der Waals surface area contributed by atoms with Gasteiger partial charge < -0.3 is 15.0 Å². The zero-order valence-electron chi connectivity index (χ0n) is 13.7. The number of nitrogens with one attached hydrogen (secondary N) is 2. The summed E-state index contributed by atoms with van der Waals surface area (Å²) in [7, 11) is 0. The van der Waals surface area contributed by atoms with Crippen LogP contribution in [0.15, 0.2) is 78.9 Å². The van der Waals surface area contributed by atoms with Crippen molar-refractivity contribution in [2.24, 2.45) is 0 Å². The average molecular weight is 346 g/mol. The Bertz CT molecular complexity index is 1070. The van der Waals surface area contributed by atoms with Crippen molar-refractivity contribution >= 4 is 22.5 Å². The van der Waals surface area contributed by atoms with Crippen LogP contribution in [0.4, 0.5) is 10.1 Å². The van der Waals surface area contributed by atoms with Gasteiger partial charge in [-0.15, -0.1) is 0 Å². The highest BCUT2D eigenvalue weighted by Crippen LogP contribution is 2.29. The summed E-state index contributed by atoms with van der Waals surface area (Å²) in [6.07, 6.45) is 0. The van der Waals surface area contributed by atoms with Crippen LogP contribution in [0.3, 0.4) is 0 Å². The zero-order valence-corrected chi connectivity index (χ0v) is 13.7. The Kier molecular flexibility index (Phi) is 4.11. The van der Waals surface area contributed by atoms with E-state index >= 15 is 0 Å². The largest absolute Gasteiger partial charge is 0.455 e. The van der Waals surface area contributed by atoms with E-state index in [4.69, 9.17) is 4.74 Å². The standard InChI is InChI=1S/C21H15FN2O2/c22-16-9-6-11-17-15(16)13-19(23-17)21(25)24-18-10-4-5-12-20(18)26-14-7-2-1-3-8-14/h1-13,23H,(H,24,25). The van der Waals surface area contributed by atoms with E-state index < -0.39 is 0 Å². The van der Waals surface area contributed by atoms with Crippen LogP contribution in [0.2, 0.25) is 0 Å². The van der Waals surface area contributed by atoms with E-state index in [9.17, 15) is 9.18 Å². The van der Waals surface area contributed by atoms with Crippen LogP contribution < -0.4 is 10.1 Å². The number of benzene rings is 3. The minimum Gasteiger partial charge on any atom is -0.455 e. The van der Waals surface area contributed by atoms with Gasteiger partial charge in [0, 0.05) is 10.9 Å². The number of fused-ring (bicyclic) bond motifs is 1. The minimum absolute atomic E-state index is 0.277. The first-order valence-corrected chi connectivity index (χ1v) is 8.11. The maximum absolute atomic E-state index is 13.8. The van der Waals surface area contributed by atoms with Crippen LogP contribution in [0.1, 0.15) is 10.5 Å². The molecule has 4 nitrogen and oxygen atoms in total. The van der Waals surface area contributed by atoms with Crippen LogP contribution in [0.5, 0.6) is 11.5 Å². The molecule has 1 aromatic heterocycles. The number of hydrogen-bond acceptors (Lipinski definition) is 2. The number of hydrogen-bond donors (Lipinski definition) is 2. The van der Waals surface area contributed by atoms with Gasteiger partial charge in [0.05, 0.1) is 5.69 Å². The number of anilines is 1. The van der Waals surface area contributed by atoms with Crippen LogP contribution in [0, 0.1) is 5.82 Å². The van der Waals surface area contributed by atoms with Crippen molar-refractivity contribution in [1.82, 2.24) is 4.98 Å². The average Bonchev–Trinajstić information content (AvgIpc) is 3.10. The number of halogens is 1. The fourth-order valence-electron chi connectivity index (χ4n) is 2.70. The lowest BCUT2D eigenvalue weighted by Crippen LogP contribution is -2.12. The second-order valence-electron chi connectivity index (χ2n) is 5.75. The number of aromatic amines is 1. The van der Waals surface area contributed by atoms with E-state index in [1.165, 1.54) is 12.1 Å². The Labute approximate surface area is 149 Å². The van der Waals surface area contributed by atoms with Crippen LogP contribution in [-0.4, -0.2) is 10.9 Å². The first kappa shape index (κ1) is 15.9. The van der Waals surface area contributed by atoms with E-state index in [1.807, 2.05) is 36.4 Å². The molecule has 0 spiro atoms. The van der Waals surface area contributed by atoms with Gasteiger partial charge in [-0.2, -0.15) is 0 Å². The second kappa shape index (κ2) is 6.72. The molecule has 0 atom stereocenters. The molecule has 0 saturated carbocycles. The monoisotopic (exact) mass is 346 g/mol. The van der Waals surface area contributed by atoms with Crippen LogP contribution in [-0.2, 0) is 0 Å². The number of ether oxygens (including phenoxy) is 1. The summed E-state index contributed by atoms with van der Waals surface area (Å²) in [5.74, 6) is 0.451. The Morgan fingerprint density at radius 2 is 1.69 bits per heavy atom. The molecule has 0 aliphatic rings. The molecule has 0 aliphatic carbocycles.